The summed E-state index contributed by atoms with van der Waals surface area (Å²) in [4.78, 5) is 48.3. The van der Waals surface area contributed by atoms with E-state index in [9.17, 15) is 14.4 Å². The average molecular weight is 368 g/mol. The molecule has 7 heteroatoms. The third kappa shape index (κ3) is 3.22. The second-order valence-corrected chi connectivity index (χ2v) is 7.71. The fourth-order valence-corrected chi connectivity index (χ4v) is 4.35. The lowest BCUT2D eigenvalue weighted by molar-refractivity contribution is -0.144. The summed E-state index contributed by atoms with van der Waals surface area (Å²) in [5.74, 6) is 0.152. The zero-order chi connectivity index (χ0) is 19.0. The standard InChI is InChI=1S/C20H24N4O3/c1-23-11-4-9-20(19(23)27)10-12-24(13-20)17(25)8-7-16-18(26)22-15-6-3-2-5-14(15)21-16/h2-3,5-6H,4,7-13H2,1H3,(H,22,26)/t20-/m1/s1. The van der Waals surface area contributed by atoms with Gasteiger partial charge >= 0.3 is 0 Å². The first kappa shape index (κ1) is 17.7. The van der Waals surface area contributed by atoms with Gasteiger partial charge in [-0.15, -0.1) is 0 Å². The third-order valence-corrected chi connectivity index (χ3v) is 5.90. The second-order valence-electron chi connectivity index (χ2n) is 7.71. The molecule has 0 unspecified atom stereocenters. The van der Waals surface area contributed by atoms with Crippen LogP contribution in [0.15, 0.2) is 29.1 Å². The lowest BCUT2D eigenvalue weighted by atomic mass is 9.78. The van der Waals surface area contributed by atoms with Gasteiger partial charge in [-0.05, 0) is 31.4 Å². The molecule has 4 rings (SSSR count). The van der Waals surface area contributed by atoms with Crippen LogP contribution in [0.5, 0.6) is 0 Å². The molecule has 1 N–H and O–H groups in total. The van der Waals surface area contributed by atoms with Crippen LogP contribution in [-0.4, -0.2) is 58.3 Å². The van der Waals surface area contributed by atoms with E-state index in [1.165, 1.54) is 0 Å². The Bertz CT molecular complexity index is 954. The summed E-state index contributed by atoms with van der Waals surface area (Å²) in [7, 11) is 1.84. The number of para-hydroxylation sites is 2. The number of benzene rings is 1. The minimum atomic E-state index is -0.401. The summed E-state index contributed by atoms with van der Waals surface area (Å²) in [6.45, 7) is 1.90. The molecule has 0 bridgehead atoms. The minimum Gasteiger partial charge on any atom is -0.345 e. The topological polar surface area (TPSA) is 86.4 Å². The molecule has 1 spiro atoms. The number of fused-ring (bicyclic) bond motifs is 1. The van der Waals surface area contributed by atoms with E-state index < -0.39 is 5.41 Å². The molecule has 1 aromatic heterocycles. The number of likely N-dealkylation sites (tertiary alicyclic amines) is 2. The predicted molar refractivity (Wildman–Crippen MR) is 101 cm³/mol. The van der Waals surface area contributed by atoms with Crippen molar-refractivity contribution in [2.45, 2.75) is 32.1 Å². The molecule has 2 fully saturated rings. The molecule has 0 aliphatic carbocycles. The Balaban J connectivity index is 1.42. The number of rotatable bonds is 3. The highest BCUT2D eigenvalue weighted by atomic mass is 16.2. The highest BCUT2D eigenvalue weighted by molar-refractivity contribution is 5.86. The lowest BCUT2D eigenvalue weighted by Crippen LogP contribution is -2.48. The highest BCUT2D eigenvalue weighted by Crippen LogP contribution is 2.39. The minimum absolute atomic E-state index is 0.0118. The molecule has 2 amide bonds. The quantitative estimate of drug-likeness (QED) is 0.885. The molecule has 27 heavy (non-hydrogen) atoms. The zero-order valence-corrected chi connectivity index (χ0v) is 15.5. The van der Waals surface area contributed by atoms with E-state index in [1.807, 2.05) is 25.2 Å². The molecule has 142 valence electrons. The molecule has 2 aliphatic rings. The summed E-state index contributed by atoms with van der Waals surface area (Å²) in [5, 5.41) is 0. The number of aromatic amines is 1. The Morgan fingerprint density at radius 1 is 1.22 bits per heavy atom. The summed E-state index contributed by atoms with van der Waals surface area (Å²) in [6, 6.07) is 7.35. The number of hydrogen-bond donors (Lipinski definition) is 1. The van der Waals surface area contributed by atoms with Crippen molar-refractivity contribution in [2.75, 3.05) is 26.7 Å². The van der Waals surface area contributed by atoms with Crippen molar-refractivity contribution < 1.29 is 9.59 Å². The Morgan fingerprint density at radius 2 is 2.04 bits per heavy atom. The lowest BCUT2D eigenvalue weighted by Gasteiger charge is -2.37. The first-order chi connectivity index (χ1) is 13.0. The number of amides is 2. The number of hydrogen-bond acceptors (Lipinski definition) is 4. The van der Waals surface area contributed by atoms with E-state index >= 15 is 0 Å². The van der Waals surface area contributed by atoms with Gasteiger partial charge in [0.25, 0.3) is 5.56 Å². The van der Waals surface area contributed by atoms with E-state index in [4.69, 9.17) is 0 Å². The summed E-state index contributed by atoms with van der Waals surface area (Å²) >= 11 is 0. The van der Waals surface area contributed by atoms with Crippen LogP contribution in [0.4, 0.5) is 0 Å². The van der Waals surface area contributed by atoms with Crippen LogP contribution in [0, 0.1) is 5.41 Å². The van der Waals surface area contributed by atoms with E-state index in [0.717, 1.165) is 31.3 Å². The maximum Gasteiger partial charge on any atom is 0.270 e. The van der Waals surface area contributed by atoms with Crippen LogP contribution >= 0.6 is 0 Å². The van der Waals surface area contributed by atoms with Crippen molar-refractivity contribution in [3.05, 3.63) is 40.3 Å². The van der Waals surface area contributed by atoms with Crippen LogP contribution in [-0.2, 0) is 16.0 Å². The van der Waals surface area contributed by atoms with E-state index in [2.05, 4.69) is 9.97 Å². The predicted octanol–water partition coefficient (Wildman–Crippen LogP) is 1.33. The van der Waals surface area contributed by atoms with Gasteiger partial charge in [0.2, 0.25) is 11.8 Å². The molecule has 3 heterocycles. The molecule has 2 saturated heterocycles. The first-order valence-corrected chi connectivity index (χ1v) is 9.50. The van der Waals surface area contributed by atoms with Crippen LogP contribution in [0.25, 0.3) is 11.0 Å². The Labute approximate surface area is 157 Å². The molecular weight excluding hydrogens is 344 g/mol. The van der Waals surface area contributed by atoms with Crippen LogP contribution in [0.3, 0.4) is 0 Å². The van der Waals surface area contributed by atoms with Gasteiger partial charge in [-0.3, -0.25) is 14.4 Å². The van der Waals surface area contributed by atoms with Gasteiger partial charge in [0.1, 0.15) is 5.69 Å². The zero-order valence-electron chi connectivity index (χ0n) is 15.5. The fourth-order valence-electron chi connectivity index (χ4n) is 4.35. The number of piperidine rings is 1. The Kier molecular flexibility index (Phi) is 4.45. The second kappa shape index (κ2) is 6.79. The molecular formula is C20H24N4O3. The van der Waals surface area contributed by atoms with E-state index in [-0.39, 0.29) is 23.8 Å². The van der Waals surface area contributed by atoms with E-state index in [1.54, 1.807) is 15.9 Å². The van der Waals surface area contributed by atoms with Gasteiger partial charge in [-0.25, -0.2) is 4.98 Å². The van der Waals surface area contributed by atoms with Gasteiger partial charge in [0, 0.05) is 39.5 Å². The van der Waals surface area contributed by atoms with Gasteiger partial charge in [0.05, 0.1) is 16.4 Å². The normalized spacial score (nSPS) is 22.8. The molecule has 7 nitrogen and oxygen atoms in total. The summed E-state index contributed by atoms with van der Waals surface area (Å²) in [6.07, 6.45) is 3.11. The molecule has 0 radical (unpaired) electrons. The first-order valence-electron chi connectivity index (χ1n) is 9.50. The monoisotopic (exact) mass is 368 g/mol. The van der Waals surface area contributed by atoms with Crippen molar-refractivity contribution in [3.63, 3.8) is 0 Å². The molecule has 2 aliphatic heterocycles. The maximum atomic E-state index is 12.7. The van der Waals surface area contributed by atoms with Crippen molar-refractivity contribution in [2.24, 2.45) is 5.41 Å². The molecule has 1 atom stereocenters. The van der Waals surface area contributed by atoms with E-state index in [0.29, 0.717) is 30.7 Å². The smallest absolute Gasteiger partial charge is 0.270 e. The van der Waals surface area contributed by atoms with Gasteiger partial charge < -0.3 is 14.8 Å². The van der Waals surface area contributed by atoms with Crippen molar-refractivity contribution in [3.8, 4) is 0 Å². The third-order valence-electron chi connectivity index (χ3n) is 5.90. The molecule has 2 aromatic rings. The van der Waals surface area contributed by atoms with Gasteiger partial charge in [-0.1, -0.05) is 12.1 Å². The number of nitrogens with zero attached hydrogens (tertiary/aromatic N) is 3. The van der Waals surface area contributed by atoms with Crippen molar-refractivity contribution in [1.82, 2.24) is 19.8 Å². The van der Waals surface area contributed by atoms with Gasteiger partial charge in [0.15, 0.2) is 0 Å². The number of H-pyrrole nitrogens is 1. The largest absolute Gasteiger partial charge is 0.345 e. The number of carbonyl (C=O) groups excluding carboxylic acids is 2. The van der Waals surface area contributed by atoms with Crippen LogP contribution < -0.4 is 5.56 Å². The number of carbonyl (C=O) groups is 2. The average Bonchev–Trinajstić information content (AvgIpc) is 3.09. The molecule has 0 saturated carbocycles. The number of aryl methyl sites for hydroxylation is 1. The van der Waals surface area contributed by atoms with Crippen molar-refractivity contribution >= 4 is 22.8 Å². The Morgan fingerprint density at radius 3 is 2.89 bits per heavy atom. The summed E-state index contributed by atoms with van der Waals surface area (Å²) < 4.78 is 0. The van der Waals surface area contributed by atoms with Crippen molar-refractivity contribution in [1.29, 1.82) is 0 Å². The summed E-state index contributed by atoms with van der Waals surface area (Å²) in [5.41, 5.74) is 1.14. The molecule has 1 aromatic carbocycles. The number of aromatic nitrogens is 2. The van der Waals surface area contributed by atoms with Crippen LogP contribution in [0.2, 0.25) is 0 Å². The highest BCUT2D eigenvalue weighted by Gasteiger charge is 2.48. The van der Waals surface area contributed by atoms with Crippen LogP contribution in [0.1, 0.15) is 31.4 Å². The maximum absolute atomic E-state index is 12.7. The fraction of sp³-hybridized carbons (Fsp3) is 0.500. The Hall–Kier alpha value is -2.70. The van der Waals surface area contributed by atoms with Gasteiger partial charge in [-0.2, -0.15) is 0 Å². The number of nitrogens with one attached hydrogen (secondary N) is 1. The SMILES string of the molecule is CN1CCC[C@]2(CCN(C(=O)CCc3nc4ccccc4[nH]c3=O)C2)C1=O.